The van der Waals surface area contributed by atoms with Crippen molar-refractivity contribution in [3.05, 3.63) is 0 Å². The van der Waals surface area contributed by atoms with Crippen LogP contribution in [0.3, 0.4) is 0 Å². The Morgan fingerprint density at radius 3 is 2.50 bits per heavy atom. The van der Waals surface area contributed by atoms with Gasteiger partial charge in [0.05, 0.1) is 13.2 Å². The molecule has 2 aliphatic rings. The quantitative estimate of drug-likeness (QED) is 0.528. The van der Waals surface area contributed by atoms with E-state index >= 15 is 0 Å². The monoisotopic (exact) mass is 171 g/mol. The molecule has 0 aromatic heterocycles. The molecule has 0 aromatic rings. The Labute approximate surface area is 73.2 Å². The molecule has 1 atom stereocenters. The van der Waals surface area contributed by atoms with Crippen LogP contribution < -0.4 is 5.84 Å². The molecule has 0 aliphatic carbocycles. The van der Waals surface area contributed by atoms with E-state index in [1.807, 2.05) is 5.01 Å². The van der Waals surface area contributed by atoms with E-state index in [4.69, 9.17) is 10.6 Å². The molecule has 0 radical (unpaired) electrons. The lowest BCUT2D eigenvalue weighted by atomic mass is 10.2. The smallest absolute Gasteiger partial charge is 0.0594 e. The lowest BCUT2D eigenvalue weighted by molar-refractivity contribution is 0.0185. The molecule has 0 bridgehead atoms. The van der Waals surface area contributed by atoms with Crippen molar-refractivity contribution in [3.8, 4) is 0 Å². The second kappa shape index (κ2) is 3.70. The number of nitrogens with two attached hydrogens (primary N) is 1. The molecular weight excluding hydrogens is 154 g/mol. The summed E-state index contributed by atoms with van der Waals surface area (Å²) < 4.78 is 5.30. The van der Waals surface area contributed by atoms with Crippen LogP contribution in [0.5, 0.6) is 0 Å². The first-order valence-corrected chi connectivity index (χ1v) is 4.68. The van der Waals surface area contributed by atoms with E-state index in [9.17, 15) is 0 Å². The van der Waals surface area contributed by atoms with Crippen LogP contribution in [0.25, 0.3) is 0 Å². The van der Waals surface area contributed by atoms with Gasteiger partial charge in [0.15, 0.2) is 0 Å². The number of rotatable bonds is 1. The number of hydrazine groups is 1. The first-order chi connectivity index (χ1) is 5.86. The van der Waals surface area contributed by atoms with Gasteiger partial charge in [-0.3, -0.25) is 10.7 Å². The highest BCUT2D eigenvalue weighted by atomic mass is 16.5. The summed E-state index contributed by atoms with van der Waals surface area (Å²) in [6.45, 7) is 6.02. The molecule has 2 rings (SSSR count). The van der Waals surface area contributed by atoms with E-state index in [0.717, 1.165) is 39.4 Å². The van der Waals surface area contributed by atoms with Crippen molar-refractivity contribution in [3.63, 3.8) is 0 Å². The highest BCUT2D eigenvalue weighted by Gasteiger charge is 2.26. The summed E-state index contributed by atoms with van der Waals surface area (Å²) in [5.74, 6) is 5.71. The van der Waals surface area contributed by atoms with Crippen molar-refractivity contribution in [2.24, 2.45) is 5.84 Å². The molecule has 2 saturated heterocycles. The van der Waals surface area contributed by atoms with Gasteiger partial charge in [-0.25, -0.2) is 5.01 Å². The zero-order chi connectivity index (χ0) is 8.39. The third-order valence-corrected chi connectivity index (χ3v) is 2.76. The molecule has 0 amide bonds. The molecule has 4 heteroatoms. The van der Waals surface area contributed by atoms with Crippen molar-refractivity contribution >= 4 is 0 Å². The standard InChI is InChI=1S/C8H17N3O/c9-11-2-1-8(7-11)10-3-5-12-6-4-10/h8H,1-7,9H2. The normalized spacial score (nSPS) is 34.2. The van der Waals surface area contributed by atoms with E-state index < -0.39 is 0 Å². The molecule has 1 unspecified atom stereocenters. The zero-order valence-corrected chi connectivity index (χ0v) is 7.41. The summed E-state index contributed by atoms with van der Waals surface area (Å²) >= 11 is 0. The average molecular weight is 171 g/mol. The molecular formula is C8H17N3O. The molecule has 2 N–H and O–H groups in total. The van der Waals surface area contributed by atoms with Gasteiger partial charge in [-0.1, -0.05) is 0 Å². The van der Waals surface area contributed by atoms with Gasteiger partial charge < -0.3 is 4.74 Å². The van der Waals surface area contributed by atoms with Crippen LogP contribution in [-0.4, -0.2) is 55.3 Å². The number of nitrogens with zero attached hydrogens (tertiary/aromatic N) is 2. The van der Waals surface area contributed by atoms with Crippen molar-refractivity contribution in [1.29, 1.82) is 0 Å². The third-order valence-electron chi connectivity index (χ3n) is 2.76. The van der Waals surface area contributed by atoms with Crippen molar-refractivity contribution in [2.45, 2.75) is 12.5 Å². The number of morpholine rings is 1. The van der Waals surface area contributed by atoms with E-state index in [1.165, 1.54) is 6.42 Å². The molecule has 0 aromatic carbocycles. The Morgan fingerprint density at radius 1 is 1.17 bits per heavy atom. The summed E-state index contributed by atoms with van der Waals surface area (Å²) in [6, 6.07) is 0.680. The first kappa shape index (κ1) is 8.44. The molecule has 2 heterocycles. The van der Waals surface area contributed by atoms with Gasteiger partial charge in [-0.05, 0) is 6.42 Å². The van der Waals surface area contributed by atoms with Gasteiger partial charge >= 0.3 is 0 Å². The molecule has 12 heavy (non-hydrogen) atoms. The maximum Gasteiger partial charge on any atom is 0.0594 e. The number of hydrogen-bond acceptors (Lipinski definition) is 4. The SMILES string of the molecule is NN1CCC(N2CCOCC2)C1. The Kier molecular flexibility index (Phi) is 2.60. The minimum atomic E-state index is 0.680. The molecule has 0 saturated carbocycles. The lowest BCUT2D eigenvalue weighted by Gasteiger charge is -2.31. The Morgan fingerprint density at radius 2 is 1.92 bits per heavy atom. The topological polar surface area (TPSA) is 41.7 Å². The van der Waals surface area contributed by atoms with Crippen LogP contribution >= 0.6 is 0 Å². The highest BCUT2D eigenvalue weighted by molar-refractivity contribution is 4.81. The Bertz CT molecular complexity index is 144. The predicted octanol–water partition coefficient (Wildman–Crippen LogP) is -0.733. The molecule has 0 spiro atoms. The highest BCUT2D eigenvalue weighted by Crippen LogP contribution is 2.13. The van der Waals surface area contributed by atoms with Crippen LogP contribution in [0.1, 0.15) is 6.42 Å². The van der Waals surface area contributed by atoms with Crippen LogP contribution in [0.15, 0.2) is 0 Å². The molecule has 70 valence electrons. The summed E-state index contributed by atoms with van der Waals surface area (Å²) in [6.07, 6.45) is 1.22. The molecule has 2 aliphatic heterocycles. The van der Waals surface area contributed by atoms with Gasteiger partial charge in [0.25, 0.3) is 0 Å². The van der Waals surface area contributed by atoms with Gasteiger partial charge in [-0.15, -0.1) is 0 Å². The van der Waals surface area contributed by atoms with E-state index in [1.54, 1.807) is 0 Å². The van der Waals surface area contributed by atoms with Crippen molar-refractivity contribution in [1.82, 2.24) is 9.91 Å². The second-order valence-corrected chi connectivity index (χ2v) is 3.59. The minimum absolute atomic E-state index is 0.680. The predicted molar refractivity (Wildman–Crippen MR) is 46.6 cm³/mol. The maximum atomic E-state index is 5.71. The van der Waals surface area contributed by atoms with E-state index in [0.29, 0.717) is 6.04 Å². The molecule has 2 fully saturated rings. The van der Waals surface area contributed by atoms with Crippen LogP contribution in [0.2, 0.25) is 0 Å². The van der Waals surface area contributed by atoms with Crippen LogP contribution in [0.4, 0.5) is 0 Å². The third kappa shape index (κ3) is 1.77. The van der Waals surface area contributed by atoms with Crippen molar-refractivity contribution in [2.75, 3.05) is 39.4 Å². The van der Waals surface area contributed by atoms with Gasteiger partial charge in [-0.2, -0.15) is 0 Å². The van der Waals surface area contributed by atoms with Gasteiger partial charge in [0.1, 0.15) is 0 Å². The fourth-order valence-electron chi connectivity index (χ4n) is 2.01. The minimum Gasteiger partial charge on any atom is -0.379 e. The van der Waals surface area contributed by atoms with Crippen LogP contribution in [-0.2, 0) is 4.74 Å². The van der Waals surface area contributed by atoms with E-state index in [2.05, 4.69) is 4.90 Å². The summed E-state index contributed by atoms with van der Waals surface area (Å²) in [4.78, 5) is 2.50. The number of ether oxygens (including phenoxy) is 1. The largest absolute Gasteiger partial charge is 0.379 e. The second-order valence-electron chi connectivity index (χ2n) is 3.59. The summed E-state index contributed by atoms with van der Waals surface area (Å²) in [5, 5.41) is 1.92. The Balaban J connectivity index is 1.83. The summed E-state index contributed by atoms with van der Waals surface area (Å²) in [5.41, 5.74) is 0. The zero-order valence-electron chi connectivity index (χ0n) is 7.41. The van der Waals surface area contributed by atoms with Gasteiger partial charge in [0.2, 0.25) is 0 Å². The molecule has 4 nitrogen and oxygen atoms in total. The Hall–Kier alpha value is -0.160. The first-order valence-electron chi connectivity index (χ1n) is 4.68. The van der Waals surface area contributed by atoms with Crippen LogP contribution in [0, 0.1) is 0 Å². The van der Waals surface area contributed by atoms with Gasteiger partial charge in [0, 0.05) is 32.2 Å². The van der Waals surface area contributed by atoms with Crippen molar-refractivity contribution < 1.29 is 4.74 Å². The fraction of sp³-hybridized carbons (Fsp3) is 1.00. The lowest BCUT2D eigenvalue weighted by Crippen LogP contribution is -2.45. The average Bonchev–Trinajstić information content (AvgIpc) is 2.54. The maximum absolute atomic E-state index is 5.71. The summed E-state index contributed by atoms with van der Waals surface area (Å²) in [7, 11) is 0. The number of hydrogen-bond donors (Lipinski definition) is 1. The van der Waals surface area contributed by atoms with E-state index in [-0.39, 0.29) is 0 Å². The fourth-order valence-corrected chi connectivity index (χ4v) is 2.01.